The van der Waals surface area contributed by atoms with Crippen LogP contribution in [0.5, 0.6) is 0 Å². The average Bonchev–Trinajstić information content (AvgIpc) is 3.44. The van der Waals surface area contributed by atoms with Gasteiger partial charge in [0.05, 0.1) is 17.1 Å². The van der Waals surface area contributed by atoms with Crippen molar-refractivity contribution in [2.45, 2.75) is 24.8 Å². The van der Waals surface area contributed by atoms with Crippen LogP contribution >= 0.6 is 11.6 Å². The van der Waals surface area contributed by atoms with Crippen LogP contribution in [0.15, 0.2) is 90.3 Å². The van der Waals surface area contributed by atoms with Gasteiger partial charge in [0.2, 0.25) is 5.95 Å². The van der Waals surface area contributed by atoms with Gasteiger partial charge in [0, 0.05) is 45.4 Å². The molecule has 3 heterocycles. The molecule has 0 spiro atoms. The molecule has 0 fully saturated rings. The summed E-state index contributed by atoms with van der Waals surface area (Å²) >= 11 is 6.11. The summed E-state index contributed by atoms with van der Waals surface area (Å²) in [6, 6.07) is 24.0. The van der Waals surface area contributed by atoms with E-state index in [0.717, 1.165) is 56.7 Å². The van der Waals surface area contributed by atoms with Crippen LogP contribution in [0.2, 0.25) is 5.02 Å². The average molecular weight is 465 g/mol. The predicted octanol–water partition coefficient (Wildman–Crippen LogP) is 6.59. The van der Waals surface area contributed by atoms with E-state index in [1.165, 1.54) is 0 Å². The number of nitrogens with one attached hydrogen (secondary N) is 2. The van der Waals surface area contributed by atoms with E-state index in [1.807, 2.05) is 60.8 Å². The van der Waals surface area contributed by atoms with Crippen molar-refractivity contribution in [3.63, 3.8) is 0 Å². The van der Waals surface area contributed by atoms with Gasteiger partial charge in [0.15, 0.2) is 5.78 Å². The molecule has 0 amide bonds. The second kappa shape index (κ2) is 7.34. The minimum Gasteiger partial charge on any atom is -0.361 e. The quantitative estimate of drug-likeness (QED) is 0.310. The van der Waals surface area contributed by atoms with Crippen molar-refractivity contribution in [2.75, 3.05) is 5.32 Å². The van der Waals surface area contributed by atoms with Gasteiger partial charge in [0.1, 0.15) is 0 Å². The smallest absolute Gasteiger partial charge is 0.209 e. The molecule has 166 valence electrons. The molecule has 5 aromatic rings. The van der Waals surface area contributed by atoms with Crippen molar-refractivity contribution in [3.05, 3.63) is 106 Å². The lowest BCUT2D eigenvalue weighted by Gasteiger charge is -2.36. The monoisotopic (exact) mass is 464 g/mol. The predicted molar refractivity (Wildman–Crippen MR) is 135 cm³/mol. The number of fused-ring (bicyclic) bond motifs is 4. The van der Waals surface area contributed by atoms with Crippen molar-refractivity contribution in [3.8, 4) is 0 Å². The van der Waals surface area contributed by atoms with Crippen LogP contribution in [0.3, 0.4) is 0 Å². The first-order chi connectivity index (χ1) is 16.7. The van der Waals surface area contributed by atoms with Gasteiger partial charge in [-0.3, -0.25) is 9.36 Å². The Morgan fingerprint density at radius 3 is 2.62 bits per heavy atom. The molecule has 0 radical (unpaired) electrons. The highest BCUT2D eigenvalue weighted by Gasteiger charge is 2.40. The van der Waals surface area contributed by atoms with Crippen LogP contribution in [-0.4, -0.2) is 20.3 Å². The number of H-pyrrole nitrogens is 1. The highest BCUT2D eigenvalue weighted by atomic mass is 35.5. The van der Waals surface area contributed by atoms with Gasteiger partial charge in [-0.25, -0.2) is 4.98 Å². The number of benzene rings is 3. The van der Waals surface area contributed by atoms with Crippen LogP contribution in [0.1, 0.15) is 35.9 Å². The number of aromatic nitrogens is 3. The summed E-state index contributed by atoms with van der Waals surface area (Å²) in [5.41, 5.74) is 7.02. The van der Waals surface area contributed by atoms with E-state index in [-0.39, 0.29) is 17.7 Å². The topological polar surface area (TPSA) is 62.7 Å². The van der Waals surface area contributed by atoms with E-state index in [0.29, 0.717) is 11.4 Å². The van der Waals surface area contributed by atoms with Crippen LogP contribution in [-0.2, 0) is 4.79 Å². The molecule has 2 aliphatic rings. The fourth-order valence-corrected chi connectivity index (χ4v) is 5.74. The van der Waals surface area contributed by atoms with Crippen molar-refractivity contribution < 1.29 is 4.79 Å². The molecular weight excluding hydrogens is 444 g/mol. The van der Waals surface area contributed by atoms with Gasteiger partial charge in [-0.2, -0.15) is 0 Å². The van der Waals surface area contributed by atoms with Gasteiger partial charge in [-0.15, -0.1) is 0 Å². The van der Waals surface area contributed by atoms with Crippen molar-refractivity contribution in [1.29, 1.82) is 0 Å². The second-order valence-corrected chi connectivity index (χ2v) is 9.52. The summed E-state index contributed by atoms with van der Waals surface area (Å²) in [5.74, 6) is 1.06. The molecule has 1 aliphatic heterocycles. The maximum atomic E-state index is 13.8. The van der Waals surface area contributed by atoms with E-state index in [9.17, 15) is 4.79 Å². The number of halogens is 1. The standard InChI is InChI=1S/C28H21ClN4O/c29-18-11-9-16(10-12-18)17-13-23-26(25(34)14-17)27(20-15-30-21-6-2-1-5-19(20)21)33-24-8-4-3-7-22(24)31-28(33)32-23/h1-12,15,17,27,30H,13-14H2,(H,31,32). The number of allylic oxidation sites excluding steroid dienone is 2. The number of para-hydroxylation sites is 3. The number of anilines is 1. The van der Waals surface area contributed by atoms with Gasteiger partial charge in [-0.1, -0.05) is 54.1 Å². The molecule has 34 heavy (non-hydrogen) atoms. The molecule has 5 nitrogen and oxygen atoms in total. The fraction of sp³-hybridized carbons (Fsp3) is 0.143. The van der Waals surface area contributed by atoms with E-state index >= 15 is 0 Å². The van der Waals surface area contributed by atoms with Gasteiger partial charge in [0.25, 0.3) is 0 Å². The number of hydrogen-bond donors (Lipinski definition) is 2. The summed E-state index contributed by atoms with van der Waals surface area (Å²) in [6.07, 6.45) is 3.27. The number of hydrogen-bond acceptors (Lipinski definition) is 3. The minimum atomic E-state index is -0.242. The van der Waals surface area contributed by atoms with Crippen LogP contribution in [0, 0.1) is 0 Å². The molecule has 1 aliphatic carbocycles. The minimum absolute atomic E-state index is 0.107. The normalized spacial score (nSPS) is 19.9. The van der Waals surface area contributed by atoms with Crippen molar-refractivity contribution in [2.24, 2.45) is 0 Å². The number of imidazole rings is 1. The largest absolute Gasteiger partial charge is 0.361 e. The molecule has 3 aromatic carbocycles. The summed E-state index contributed by atoms with van der Waals surface area (Å²) < 4.78 is 2.18. The lowest BCUT2D eigenvalue weighted by molar-refractivity contribution is -0.116. The summed E-state index contributed by atoms with van der Waals surface area (Å²) in [4.78, 5) is 22.1. The van der Waals surface area contributed by atoms with Gasteiger partial charge in [-0.05, 0) is 48.2 Å². The Morgan fingerprint density at radius 2 is 1.74 bits per heavy atom. The van der Waals surface area contributed by atoms with Gasteiger partial charge >= 0.3 is 0 Å². The highest BCUT2D eigenvalue weighted by molar-refractivity contribution is 6.30. The van der Waals surface area contributed by atoms with E-state index in [1.54, 1.807) is 0 Å². The zero-order valence-electron chi connectivity index (χ0n) is 18.3. The zero-order valence-corrected chi connectivity index (χ0v) is 19.0. The zero-order chi connectivity index (χ0) is 22.8. The molecule has 0 saturated heterocycles. The number of nitrogens with zero attached hydrogens (tertiary/aromatic N) is 2. The fourth-order valence-electron chi connectivity index (χ4n) is 5.61. The third-order valence-electron chi connectivity index (χ3n) is 7.16. The molecule has 2 N–H and O–H groups in total. The molecular formula is C28H21ClN4O. The van der Waals surface area contributed by atoms with Crippen molar-refractivity contribution >= 4 is 45.3 Å². The Hall–Kier alpha value is -3.83. The SMILES string of the molecule is O=C1CC(c2ccc(Cl)cc2)CC2=C1C(c1c[nH]c3ccccc13)n1c(nc3ccccc31)N2. The lowest BCUT2D eigenvalue weighted by Crippen LogP contribution is -2.33. The second-order valence-electron chi connectivity index (χ2n) is 9.08. The summed E-state index contributed by atoms with van der Waals surface area (Å²) in [7, 11) is 0. The number of carbonyl (C=O) groups excluding carboxylic acids is 1. The third kappa shape index (κ3) is 2.87. The first-order valence-corrected chi connectivity index (χ1v) is 11.9. The molecule has 2 unspecified atom stereocenters. The first kappa shape index (κ1) is 19.6. The Kier molecular flexibility index (Phi) is 4.23. The summed E-state index contributed by atoms with van der Waals surface area (Å²) in [5, 5.41) is 5.37. The maximum Gasteiger partial charge on any atom is 0.209 e. The molecule has 6 heteroatoms. The molecule has 2 aromatic heterocycles. The van der Waals surface area contributed by atoms with E-state index in [2.05, 4.69) is 33.1 Å². The van der Waals surface area contributed by atoms with Crippen LogP contribution in [0.4, 0.5) is 5.95 Å². The number of ketones is 1. The Labute approximate surface area is 201 Å². The lowest BCUT2D eigenvalue weighted by atomic mass is 9.77. The number of rotatable bonds is 2. The maximum absolute atomic E-state index is 13.8. The Balaban J connectivity index is 1.44. The number of Topliss-reactive ketones (excluding diaryl/α,β-unsaturated/α-hetero) is 1. The Morgan fingerprint density at radius 1 is 0.941 bits per heavy atom. The number of carbonyl (C=O) groups is 1. The van der Waals surface area contributed by atoms with Crippen LogP contribution in [0.25, 0.3) is 21.9 Å². The third-order valence-corrected chi connectivity index (χ3v) is 7.41. The molecule has 7 rings (SSSR count). The summed E-state index contributed by atoms with van der Waals surface area (Å²) in [6.45, 7) is 0. The van der Waals surface area contributed by atoms with E-state index < -0.39 is 0 Å². The van der Waals surface area contributed by atoms with Gasteiger partial charge < -0.3 is 10.3 Å². The van der Waals surface area contributed by atoms with E-state index in [4.69, 9.17) is 16.6 Å². The number of aromatic amines is 1. The first-order valence-electron chi connectivity index (χ1n) is 11.5. The molecule has 0 bridgehead atoms. The molecule has 0 saturated carbocycles. The molecule has 2 atom stereocenters. The van der Waals surface area contributed by atoms with Crippen LogP contribution < -0.4 is 5.32 Å². The highest BCUT2D eigenvalue weighted by Crippen LogP contribution is 2.47. The Bertz CT molecular complexity index is 1630. The van der Waals surface area contributed by atoms with Crippen molar-refractivity contribution in [1.82, 2.24) is 14.5 Å².